The van der Waals surface area contributed by atoms with Gasteiger partial charge in [-0.05, 0) is 6.07 Å². The third-order valence-electron chi connectivity index (χ3n) is 2.18. The first-order valence-corrected chi connectivity index (χ1v) is 3.97. The van der Waals surface area contributed by atoms with E-state index in [0.29, 0.717) is 18.9 Å². The van der Waals surface area contributed by atoms with Crippen LogP contribution in [-0.4, -0.2) is 18.3 Å². The highest BCUT2D eigenvalue weighted by Crippen LogP contribution is 2.39. The van der Waals surface area contributed by atoms with Crippen molar-refractivity contribution >= 4 is 0 Å². The van der Waals surface area contributed by atoms with E-state index in [1.54, 1.807) is 6.07 Å². The van der Waals surface area contributed by atoms with Crippen LogP contribution in [0, 0.1) is 0 Å². The van der Waals surface area contributed by atoms with E-state index in [-0.39, 0.29) is 11.7 Å². The minimum absolute atomic E-state index is 0.212. The molecule has 1 aromatic carbocycles. The fraction of sp³-hybridized carbons (Fsp3) is 0.333. The quantitative estimate of drug-likeness (QED) is 0.648. The van der Waals surface area contributed by atoms with Crippen molar-refractivity contribution in [1.82, 2.24) is 0 Å². The van der Waals surface area contributed by atoms with Crippen molar-refractivity contribution in [1.29, 1.82) is 0 Å². The molecule has 0 fully saturated rings. The lowest BCUT2D eigenvalue weighted by atomic mass is 10.0. The maximum atomic E-state index is 9.38. The predicted molar refractivity (Wildman–Crippen MR) is 45.4 cm³/mol. The van der Waals surface area contributed by atoms with E-state index in [1.165, 1.54) is 0 Å². The molecular formula is C9H11NO2. The fourth-order valence-corrected chi connectivity index (χ4v) is 1.49. The molecule has 2 rings (SSSR count). The van der Waals surface area contributed by atoms with Gasteiger partial charge in [0.15, 0.2) is 11.5 Å². The lowest BCUT2D eigenvalue weighted by Crippen LogP contribution is -2.13. The van der Waals surface area contributed by atoms with Crippen LogP contribution < -0.4 is 10.5 Å². The van der Waals surface area contributed by atoms with Gasteiger partial charge in [-0.2, -0.15) is 0 Å². The lowest BCUT2D eigenvalue weighted by molar-refractivity contribution is 0.316. The zero-order valence-corrected chi connectivity index (χ0v) is 6.66. The number of nitrogens with two attached hydrogens (primary N) is 1. The van der Waals surface area contributed by atoms with Crippen LogP contribution in [-0.2, 0) is 0 Å². The van der Waals surface area contributed by atoms with Crippen LogP contribution in [0.25, 0.3) is 0 Å². The Labute approximate surface area is 70.8 Å². The lowest BCUT2D eigenvalue weighted by Gasteiger charge is -2.03. The molecule has 1 unspecified atom stereocenters. The molecular weight excluding hydrogens is 154 g/mol. The molecule has 1 aliphatic rings. The summed E-state index contributed by atoms with van der Waals surface area (Å²) in [6.45, 7) is 1.15. The summed E-state index contributed by atoms with van der Waals surface area (Å²) in [7, 11) is 0. The molecule has 0 aliphatic carbocycles. The van der Waals surface area contributed by atoms with Gasteiger partial charge in [0.1, 0.15) is 0 Å². The van der Waals surface area contributed by atoms with E-state index in [9.17, 15) is 5.11 Å². The molecule has 1 aliphatic heterocycles. The minimum Gasteiger partial charge on any atom is -0.504 e. The number of phenols is 1. The number of hydrogen-bond donors (Lipinski definition) is 2. The maximum absolute atomic E-state index is 9.38. The summed E-state index contributed by atoms with van der Waals surface area (Å²) >= 11 is 0. The second kappa shape index (κ2) is 2.68. The number of benzene rings is 1. The molecule has 3 heteroatoms. The summed E-state index contributed by atoms with van der Waals surface area (Å²) in [5.74, 6) is 1.06. The predicted octanol–water partition coefficient (Wildman–Crippen LogP) is 0.827. The van der Waals surface area contributed by atoms with Crippen LogP contribution in [0.4, 0.5) is 0 Å². The molecule has 0 saturated heterocycles. The molecule has 3 N–H and O–H groups in total. The Bertz CT molecular complexity index is 299. The van der Waals surface area contributed by atoms with Crippen LogP contribution >= 0.6 is 0 Å². The van der Waals surface area contributed by atoms with Gasteiger partial charge in [-0.25, -0.2) is 0 Å². The monoisotopic (exact) mass is 165 g/mol. The molecule has 64 valence electrons. The smallest absolute Gasteiger partial charge is 0.164 e. The average molecular weight is 165 g/mol. The number of aromatic hydroxyl groups is 1. The molecule has 1 heterocycles. The van der Waals surface area contributed by atoms with Gasteiger partial charge in [0.25, 0.3) is 0 Å². The Morgan fingerprint density at radius 1 is 1.58 bits per heavy atom. The highest BCUT2D eigenvalue weighted by atomic mass is 16.5. The number of hydrogen-bond acceptors (Lipinski definition) is 3. The Kier molecular flexibility index (Phi) is 1.66. The molecule has 1 atom stereocenters. The van der Waals surface area contributed by atoms with Gasteiger partial charge in [-0.3, -0.25) is 0 Å². The molecule has 0 amide bonds. The van der Waals surface area contributed by atoms with E-state index in [0.717, 1.165) is 5.56 Å². The summed E-state index contributed by atoms with van der Waals surface area (Å²) in [6, 6.07) is 5.38. The van der Waals surface area contributed by atoms with E-state index in [1.807, 2.05) is 12.1 Å². The standard InChI is InChI=1S/C9H11NO2/c10-4-6-5-12-9-7(6)2-1-3-8(9)11/h1-3,6,11H,4-5,10H2. The number of fused-ring (bicyclic) bond motifs is 1. The number of rotatable bonds is 1. The van der Waals surface area contributed by atoms with Gasteiger partial charge in [-0.15, -0.1) is 0 Å². The second-order valence-electron chi connectivity index (χ2n) is 2.94. The van der Waals surface area contributed by atoms with Crippen LogP contribution in [0.1, 0.15) is 11.5 Å². The van der Waals surface area contributed by atoms with Crippen molar-refractivity contribution in [2.75, 3.05) is 13.2 Å². The first kappa shape index (κ1) is 7.43. The van der Waals surface area contributed by atoms with E-state index < -0.39 is 0 Å². The molecule has 0 aromatic heterocycles. The van der Waals surface area contributed by atoms with Gasteiger partial charge in [0.05, 0.1) is 6.61 Å². The Morgan fingerprint density at radius 2 is 2.42 bits per heavy atom. The van der Waals surface area contributed by atoms with Crippen molar-refractivity contribution in [2.24, 2.45) is 5.73 Å². The minimum atomic E-state index is 0.212. The Hall–Kier alpha value is -1.22. The average Bonchev–Trinajstić information content (AvgIpc) is 2.49. The number of phenolic OH excluding ortho intramolecular Hbond substituents is 1. The summed E-state index contributed by atoms with van der Waals surface area (Å²) < 4.78 is 5.30. The second-order valence-corrected chi connectivity index (χ2v) is 2.94. The van der Waals surface area contributed by atoms with Crippen molar-refractivity contribution in [2.45, 2.75) is 5.92 Å². The fourth-order valence-electron chi connectivity index (χ4n) is 1.49. The van der Waals surface area contributed by atoms with Gasteiger partial charge >= 0.3 is 0 Å². The molecule has 3 nitrogen and oxygen atoms in total. The maximum Gasteiger partial charge on any atom is 0.164 e. The van der Waals surface area contributed by atoms with E-state index >= 15 is 0 Å². The molecule has 0 spiro atoms. The van der Waals surface area contributed by atoms with Gasteiger partial charge in [-0.1, -0.05) is 12.1 Å². The zero-order valence-electron chi connectivity index (χ0n) is 6.66. The van der Waals surface area contributed by atoms with Crippen molar-refractivity contribution < 1.29 is 9.84 Å². The van der Waals surface area contributed by atoms with Crippen LogP contribution in [0.5, 0.6) is 11.5 Å². The zero-order chi connectivity index (χ0) is 8.55. The van der Waals surface area contributed by atoms with Gasteiger partial charge in [0, 0.05) is 18.0 Å². The largest absolute Gasteiger partial charge is 0.504 e. The van der Waals surface area contributed by atoms with Crippen molar-refractivity contribution in [3.8, 4) is 11.5 Å². The normalized spacial score (nSPS) is 20.2. The summed E-state index contributed by atoms with van der Waals surface area (Å²) in [4.78, 5) is 0. The number of para-hydroxylation sites is 1. The van der Waals surface area contributed by atoms with E-state index in [2.05, 4.69) is 0 Å². The number of ether oxygens (including phenoxy) is 1. The summed E-state index contributed by atoms with van der Waals surface area (Å²) in [5.41, 5.74) is 6.56. The highest BCUT2D eigenvalue weighted by molar-refractivity contribution is 5.49. The summed E-state index contributed by atoms with van der Waals surface area (Å²) in [6.07, 6.45) is 0. The third kappa shape index (κ3) is 0.940. The molecule has 0 radical (unpaired) electrons. The molecule has 1 aromatic rings. The first-order chi connectivity index (χ1) is 5.83. The SMILES string of the molecule is NCC1COc2c(O)cccc21. The van der Waals surface area contributed by atoms with Crippen LogP contribution in [0.15, 0.2) is 18.2 Å². The van der Waals surface area contributed by atoms with Gasteiger partial charge in [0.2, 0.25) is 0 Å². The van der Waals surface area contributed by atoms with Gasteiger partial charge < -0.3 is 15.6 Å². The third-order valence-corrected chi connectivity index (χ3v) is 2.18. The first-order valence-electron chi connectivity index (χ1n) is 3.97. The van der Waals surface area contributed by atoms with Crippen molar-refractivity contribution in [3.05, 3.63) is 23.8 Å². The highest BCUT2D eigenvalue weighted by Gasteiger charge is 2.24. The molecule has 12 heavy (non-hydrogen) atoms. The topological polar surface area (TPSA) is 55.5 Å². The molecule has 0 saturated carbocycles. The van der Waals surface area contributed by atoms with Crippen molar-refractivity contribution in [3.63, 3.8) is 0 Å². The summed E-state index contributed by atoms with van der Waals surface area (Å²) in [5, 5.41) is 9.38. The van der Waals surface area contributed by atoms with E-state index in [4.69, 9.17) is 10.5 Å². The van der Waals surface area contributed by atoms with Crippen LogP contribution in [0.2, 0.25) is 0 Å². The van der Waals surface area contributed by atoms with Crippen LogP contribution in [0.3, 0.4) is 0 Å². The molecule has 0 bridgehead atoms. The Morgan fingerprint density at radius 3 is 3.17 bits per heavy atom. The Balaban J connectivity index is 2.46.